The molecular formula is C16H23FN2O. The van der Waals surface area contributed by atoms with Gasteiger partial charge in [0.2, 0.25) is 5.91 Å². The molecule has 2 N–H and O–H groups in total. The van der Waals surface area contributed by atoms with Crippen LogP contribution >= 0.6 is 0 Å². The van der Waals surface area contributed by atoms with E-state index in [9.17, 15) is 9.18 Å². The van der Waals surface area contributed by atoms with Crippen molar-refractivity contribution in [2.75, 3.05) is 13.1 Å². The highest BCUT2D eigenvalue weighted by Gasteiger charge is 2.44. The summed E-state index contributed by atoms with van der Waals surface area (Å²) >= 11 is 0. The van der Waals surface area contributed by atoms with Gasteiger partial charge in [-0.1, -0.05) is 26.0 Å². The van der Waals surface area contributed by atoms with Crippen LogP contribution in [-0.4, -0.2) is 19.0 Å². The first-order chi connectivity index (χ1) is 9.45. The maximum Gasteiger partial charge on any atom is 0.228 e. The Bertz CT molecular complexity index is 481. The number of hydrogen-bond acceptors (Lipinski definition) is 2. The number of hydrogen-bond donors (Lipinski definition) is 2. The number of carbonyl (C=O) groups is 1. The summed E-state index contributed by atoms with van der Waals surface area (Å²) in [4.78, 5) is 12.6. The Morgan fingerprint density at radius 3 is 2.70 bits per heavy atom. The van der Waals surface area contributed by atoms with Crippen molar-refractivity contribution in [3.63, 3.8) is 0 Å². The molecule has 0 spiro atoms. The van der Waals surface area contributed by atoms with Crippen LogP contribution < -0.4 is 10.6 Å². The Labute approximate surface area is 120 Å². The first kappa shape index (κ1) is 15.0. The predicted molar refractivity (Wildman–Crippen MR) is 77.7 cm³/mol. The highest BCUT2D eigenvalue weighted by Crippen LogP contribution is 2.35. The van der Waals surface area contributed by atoms with E-state index >= 15 is 0 Å². The van der Waals surface area contributed by atoms with Gasteiger partial charge in [-0.3, -0.25) is 4.79 Å². The Morgan fingerprint density at radius 1 is 1.40 bits per heavy atom. The summed E-state index contributed by atoms with van der Waals surface area (Å²) in [5, 5.41) is 6.32. The maximum absolute atomic E-state index is 13.2. The van der Waals surface area contributed by atoms with E-state index in [1.165, 1.54) is 12.1 Å². The average Bonchev–Trinajstić information content (AvgIpc) is 2.89. The van der Waals surface area contributed by atoms with E-state index in [4.69, 9.17) is 0 Å². The molecule has 110 valence electrons. The normalized spacial score (nSPS) is 23.9. The molecule has 1 aliphatic rings. The summed E-state index contributed by atoms with van der Waals surface area (Å²) in [6, 6.07) is 6.20. The quantitative estimate of drug-likeness (QED) is 0.889. The molecule has 2 unspecified atom stereocenters. The second kappa shape index (κ2) is 5.92. The highest BCUT2D eigenvalue weighted by atomic mass is 19.1. The fourth-order valence-electron chi connectivity index (χ4n) is 2.86. The van der Waals surface area contributed by atoms with E-state index in [0.717, 1.165) is 18.5 Å². The lowest BCUT2D eigenvalue weighted by Gasteiger charge is -2.32. The van der Waals surface area contributed by atoms with Gasteiger partial charge in [0.25, 0.3) is 0 Å². The molecule has 1 heterocycles. The van der Waals surface area contributed by atoms with Gasteiger partial charge in [0.05, 0.1) is 11.5 Å². The number of halogens is 1. The van der Waals surface area contributed by atoms with Gasteiger partial charge in [-0.2, -0.15) is 0 Å². The number of benzene rings is 1. The first-order valence-electron chi connectivity index (χ1n) is 7.23. The maximum atomic E-state index is 13.2. The summed E-state index contributed by atoms with van der Waals surface area (Å²) in [5.74, 6) is 0.0659. The Hall–Kier alpha value is -1.42. The molecule has 0 saturated carbocycles. The molecule has 0 aliphatic carbocycles. The zero-order valence-electron chi connectivity index (χ0n) is 12.4. The molecule has 1 fully saturated rings. The standard InChI is InChI=1S/C16H23FN2O/c1-11(2)16(7-8-18-10-16)15(20)19-12(3)13-5-4-6-14(17)9-13/h4-6,9,11-12,18H,7-8,10H2,1-3H3,(H,19,20). The minimum absolute atomic E-state index is 0.0641. The number of amides is 1. The van der Waals surface area contributed by atoms with Crippen molar-refractivity contribution in [3.05, 3.63) is 35.6 Å². The third-order valence-electron chi connectivity index (χ3n) is 4.44. The Morgan fingerprint density at radius 2 is 2.15 bits per heavy atom. The molecule has 3 nitrogen and oxygen atoms in total. The lowest BCUT2D eigenvalue weighted by molar-refractivity contribution is -0.133. The van der Waals surface area contributed by atoms with Crippen LogP contribution in [-0.2, 0) is 4.79 Å². The topological polar surface area (TPSA) is 41.1 Å². The lowest BCUT2D eigenvalue weighted by Crippen LogP contribution is -2.46. The first-order valence-corrected chi connectivity index (χ1v) is 7.23. The fourth-order valence-corrected chi connectivity index (χ4v) is 2.86. The van der Waals surface area contributed by atoms with Crippen molar-refractivity contribution in [1.29, 1.82) is 0 Å². The molecule has 2 rings (SSSR count). The Balaban J connectivity index is 2.10. The monoisotopic (exact) mass is 278 g/mol. The summed E-state index contributed by atoms with van der Waals surface area (Å²) < 4.78 is 13.2. The molecule has 0 radical (unpaired) electrons. The summed E-state index contributed by atoms with van der Waals surface area (Å²) in [5.41, 5.74) is 0.449. The van der Waals surface area contributed by atoms with Crippen LogP contribution in [0.15, 0.2) is 24.3 Å². The number of carbonyl (C=O) groups excluding carboxylic acids is 1. The van der Waals surface area contributed by atoms with E-state index in [2.05, 4.69) is 24.5 Å². The van der Waals surface area contributed by atoms with E-state index < -0.39 is 0 Å². The van der Waals surface area contributed by atoms with Crippen LogP contribution in [0.2, 0.25) is 0 Å². The summed E-state index contributed by atoms with van der Waals surface area (Å²) in [6.45, 7) is 7.65. The van der Waals surface area contributed by atoms with Crippen molar-refractivity contribution in [1.82, 2.24) is 10.6 Å². The smallest absolute Gasteiger partial charge is 0.228 e. The van der Waals surface area contributed by atoms with Crippen LogP contribution in [0.25, 0.3) is 0 Å². The van der Waals surface area contributed by atoms with Gasteiger partial charge >= 0.3 is 0 Å². The zero-order valence-corrected chi connectivity index (χ0v) is 12.4. The van der Waals surface area contributed by atoms with Crippen LogP contribution in [0.1, 0.15) is 38.8 Å². The summed E-state index contributed by atoms with van der Waals surface area (Å²) in [7, 11) is 0. The SMILES string of the molecule is CC(NC(=O)C1(C(C)C)CCNC1)c1cccc(F)c1. The van der Waals surface area contributed by atoms with Gasteiger partial charge in [0.1, 0.15) is 5.82 Å². The zero-order chi connectivity index (χ0) is 14.8. The molecule has 1 saturated heterocycles. The second-order valence-electron chi connectivity index (χ2n) is 5.99. The molecule has 1 aromatic rings. The van der Waals surface area contributed by atoms with E-state index in [1.807, 2.05) is 13.0 Å². The molecule has 2 atom stereocenters. The van der Waals surface area contributed by atoms with Crippen molar-refractivity contribution < 1.29 is 9.18 Å². The number of rotatable bonds is 4. The third kappa shape index (κ3) is 2.85. The van der Waals surface area contributed by atoms with Crippen LogP contribution in [0.4, 0.5) is 4.39 Å². The Kier molecular flexibility index (Phi) is 4.43. The van der Waals surface area contributed by atoms with Crippen LogP contribution in [0.3, 0.4) is 0 Å². The van der Waals surface area contributed by atoms with Crippen molar-refractivity contribution in [2.24, 2.45) is 11.3 Å². The van der Waals surface area contributed by atoms with Crippen LogP contribution in [0, 0.1) is 17.2 Å². The van der Waals surface area contributed by atoms with E-state index in [0.29, 0.717) is 6.54 Å². The fraction of sp³-hybridized carbons (Fsp3) is 0.562. The van der Waals surface area contributed by atoms with Gasteiger partial charge in [-0.25, -0.2) is 4.39 Å². The number of nitrogens with one attached hydrogen (secondary N) is 2. The largest absolute Gasteiger partial charge is 0.349 e. The molecule has 1 aliphatic heterocycles. The predicted octanol–water partition coefficient (Wildman–Crippen LogP) is 2.64. The van der Waals surface area contributed by atoms with E-state index in [-0.39, 0.29) is 29.1 Å². The molecule has 1 amide bonds. The van der Waals surface area contributed by atoms with Crippen molar-refractivity contribution >= 4 is 5.91 Å². The van der Waals surface area contributed by atoms with E-state index in [1.54, 1.807) is 6.07 Å². The van der Waals surface area contributed by atoms with Gasteiger partial charge in [-0.15, -0.1) is 0 Å². The van der Waals surface area contributed by atoms with Crippen LogP contribution in [0.5, 0.6) is 0 Å². The molecule has 0 bridgehead atoms. The van der Waals surface area contributed by atoms with Crippen molar-refractivity contribution in [3.8, 4) is 0 Å². The molecular weight excluding hydrogens is 255 g/mol. The van der Waals surface area contributed by atoms with Crippen molar-refractivity contribution in [2.45, 2.75) is 33.2 Å². The third-order valence-corrected chi connectivity index (χ3v) is 4.44. The molecule has 1 aromatic carbocycles. The van der Waals surface area contributed by atoms with Gasteiger partial charge < -0.3 is 10.6 Å². The molecule has 20 heavy (non-hydrogen) atoms. The lowest BCUT2D eigenvalue weighted by atomic mass is 9.75. The van der Waals surface area contributed by atoms with Gasteiger partial charge in [0, 0.05) is 6.54 Å². The highest BCUT2D eigenvalue weighted by molar-refractivity contribution is 5.84. The molecule has 4 heteroatoms. The second-order valence-corrected chi connectivity index (χ2v) is 5.99. The minimum atomic E-state index is -0.346. The molecule has 0 aromatic heterocycles. The average molecular weight is 278 g/mol. The summed E-state index contributed by atoms with van der Waals surface area (Å²) in [6.07, 6.45) is 0.854. The van der Waals surface area contributed by atoms with Gasteiger partial charge in [-0.05, 0) is 43.5 Å². The minimum Gasteiger partial charge on any atom is -0.349 e. The van der Waals surface area contributed by atoms with Gasteiger partial charge in [0.15, 0.2) is 0 Å².